The fourth-order valence-corrected chi connectivity index (χ4v) is 2.44. The number of carboxylic acid groups (broad SMARTS) is 1. The van der Waals surface area contributed by atoms with E-state index in [1.807, 2.05) is 13.0 Å². The van der Waals surface area contributed by atoms with E-state index in [1.54, 1.807) is 0 Å². The van der Waals surface area contributed by atoms with Crippen LogP contribution in [0.1, 0.15) is 46.0 Å². The fourth-order valence-electron chi connectivity index (χ4n) is 2.44. The lowest BCUT2D eigenvalue weighted by atomic mass is 9.98. The summed E-state index contributed by atoms with van der Waals surface area (Å²) in [6.07, 6.45) is 7.62. The molecule has 0 aromatic rings. The van der Waals surface area contributed by atoms with Crippen LogP contribution >= 0.6 is 0 Å². The minimum absolute atomic E-state index is 0.543. The van der Waals surface area contributed by atoms with Crippen LogP contribution in [0, 0.1) is 5.92 Å². The average Bonchev–Trinajstić information content (AvgIpc) is 2.54. The van der Waals surface area contributed by atoms with Gasteiger partial charge in [-0.25, -0.2) is 4.79 Å². The Morgan fingerprint density at radius 1 is 1.35 bits per heavy atom. The summed E-state index contributed by atoms with van der Waals surface area (Å²) in [4.78, 5) is 13.3. The third kappa shape index (κ3) is 4.90. The smallest absolute Gasteiger partial charge is 0.331 e. The summed E-state index contributed by atoms with van der Waals surface area (Å²) in [5, 5.41) is 8.95. The van der Waals surface area contributed by atoms with Gasteiger partial charge in [-0.15, -0.1) is 0 Å². The van der Waals surface area contributed by atoms with Crippen LogP contribution in [0.4, 0.5) is 0 Å². The standard InChI is InChI=1S/C14H25NO2/c1-3-12-6-5-9-15(10-7-12)11-8-13(4-2)14(16)17/h8,12H,3-7,9-11H2,1-2H3,(H,16,17). The van der Waals surface area contributed by atoms with Gasteiger partial charge in [0.1, 0.15) is 0 Å². The molecule has 0 radical (unpaired) electrons. The molecule has 0 aliphatic carbocycles. The zero-order valence-corrected chi connectivity index (χ0v) is 11.1. The molecule has 0 spiro atoms. The van der Waals surface area contributed by atoms with E-state index in [1.165, 1.54) is 25.7 Å². The predicted molar refractivity (Wildman–Crippen MR) is 70.1 cm³/mol. The number of carbonyl (C=O) groups is 1. The fraction of sp³-hybridized carbons (Fsp3) is 0.786. The Balaban J connectivity index is 2.43. The molecule has 1 heterocycles. The summed E-state index contributed by atoms with van der Waals surface area (Å²) in [5.41, 5.74) is 0.543. The monoisotopic (exact) mass is 239 g/mol. The zero-order chi connectivity index (χ0) is 12.7. The lowest BCUT2D eigenvalue weighted by Crippen LogP contribution is -2.25. The van der Waals surface area contributed by atoms with Gasteiger partial charge in [-0.05, 0) is 44.7 Å². The number of carboxylic acids is 1. The average molecular weight is 239 g/mol. The molecule has 1 fully saturated rings. The maximum absolute atomic E-state index is 10.9. The first-order valence-corrected chi connectivity index (χ1v) is 6.82. The Morgan fingerprint density at radius 2 is 2.12 bits per heavy atom. The molecule has 1 N–H and O–H groups in total. The molecule has 0 aromatic heterocycles. The normalized spacial score (nSPS) is 23.4. The third-order valence-corrected chi connectivity index (χ3v) is 3.77. The molecule has 17 heavy (non-hydrogen) atoms. The van der Waals surface area contributed by atoms with E-state index in [0.29, 0.717) is 12.0 Å². The number of likely N-dealkylation sites (tertiary alicyclic amines) is 1. The van der Waals surface area contributed by atoms with E-state index < -0.39 is 5.97 Å². The van der Waals surface area contributed by atoms with Crippen LogP contribution in [0.3, 0.4) is 0 Å². The summed E-state index contributed by atoms with van der Waals surface area (Å²) >= 11 is 0. The number of nitrogens with zero attached hydrogens (tertiary/aromatic N) is 1. The van der Waals surface area contributed by atoms with Crippen molar-refractivity contribution in [3.05, 3.63) is 11.6 Å². The van der Waals surface area contributed by atoms with Crippen LogP contribution < -0.4 is 0 Å². The zero-order valence-electron chi connectivity index (χ0n) is 11.1. The largest absolute Gasteiger partial charge is 0.478 e. The molecule has 1 aliphatic heterocycles. The molecule has 1 rings (SSSR count). The molecule has 0 bridgehead atoms. The first-order valence-electron chi connectivity index (χ1n) is 6.82. The topological polar surface area (TPSA) is 40.5 Å². The maximum atomic E-state index is 10.9. The van der Waals surface area contributed by atoms with Gasteiger partial charge < -0.3 is 5.11 Å². The van der Waals surface area contributed by atoms with Gasteiger partial charge in [0, 0.05) is 12.1 Å². The van der Waals surface area contributed by atoms with E-state index >= 15 is 0 Å². The second-order valence-corrected chi connectivity index (χ2v) is 4.89. The molecule has 3 nitrogen and oxygen atoms in total. The highest BCUT2D eigenvalue weighted by atomic mass is 16.4. The highest BCUT2D eigenvalue weighted by molar-refractivity contribution is 5.86. The van der Waals surface area contributed by atoms with E-state index in [0.717, 1.165) is 25.6 Å². The summed E-state index contributed by atoms with van der Waals surface area (Å²) in [6, 6.07) is 0. The maximum Gasteiger partial charge on any atom is 0.331 e. The predicted octanol–water partition coefficient (Wildman–Crippen LogP) is 2.92. The van der Waals surface area contributed by atoms with Crippen molar-refractivity contribution in [2.24, 2.45) is 5.92 Å². The van der Waals surface area contributed by atoms with Crippen molar-refractivity contribution < 1.29 is 9.90 Å². The van der Waals surface area contributed by atoms with Crippen molar-refractivity contribution >= 4 is 5.97 Å². The van der Waals surface area contributed by atoms with Gasteiger partial charge in [-0.3, -0.25) is 4.90 Å². The van der Waals surface area contributed by atoms with Gasteiger partial charge in [0.25, 0.3) is 0 Å². The molecule has 1 aliphatic rings. The SMILES string of the molecule is CCC(=CCN1CCCC(CC)CC1)C(=O)O. The van der Waals surface area contributed by atoms with Crippen LogP contribution in [0.15, 0.2) is 11.6 Å². The first kappa shape index (κ1) is 14.2. The lowest BCUT2D eigenvalue weighted by Gasteiger charge is -2.18. The molecule has 0 amide bonds. The first-order chi connectivity index (χ1) is 8.17. The van der Waals surface area contributed by atoms with Gasteiger partial charge in [0.15, 0.2) is 0 Å². The Kier molecular flexibility index (Phi) is 6.27. The molecular formula is C14H25NO2. The van der Waals surface area contributed by atoms with Crippen molar-refractivity contribution in [1.29, 1.82) is 0 Å². The highest BCUT2D eigenvalue weighted by Crippen LogP contribution is 2.20. The van der Waals surface area contributed by atoms with Gasteiger partial charge in [-0.2, -0.15) is 0 Å². The molecule has 1 unspecified atom stereocenters. The number of hydrogen-bond donors (Lipinski definition) is 1. The minimum Gasteiger partial charge on any atom is -0.478 e. The van der Waals surface area contributed by atoms with Crippen LogP contribution in [0.25, 0.3) is 0 Å². The van der Waals surface area contributed by atoms with Crippen LogP contribution in [-0.2, 0) is 4.79 Å². The molecule has 1 saturated heterocycles. The minimum atomic E-state index is -0.770. The van der Waals surface area contributed by atoms with Gasteiger partial charge >= 0.3 is 5.97 Å². The van der Waals surface area contributed by atoms with Crippen molar-refractivity contribution in [2.45, 2.75) is 46.0 Å². The molecular weight excluding hydrogens is 214 g/mol. The van der Waals surface area contributed by atoms with Crippen molar-refractivity contribution in [3.8, 4) is 0 Å². The highest BCUT2D eigenvalue weighted by Gasteiger charge is 2.15. The van der Waals surface area contributed by atoms with Crippen molar-refractivity contribution in [2.75, 3.05) is 19.6 Å². The third-order valence-electron chi connectivity index (χ3n) is 3.77. The van der Waals surface area contributed by atoms with E-state index in [4.69, 9.17) is 5.11 Å². The molecule has 1 atom stereocenters. The van der Waals surface area contributed by atoms with Crippen LogP contribution in [-0.4, -0.2) is 35.6 Å². The Hall–Kier alpha value is -0.830. The van der Waals surface area contributed by atoms with Crippen LogP contribution in [0.5, 0.6) is 0 Å². The summed E-state index contributed by atoms with van der Waals surface area (Å²) in [5.74, 6) is 0.0999. The van der Waals surface area contributed by atoms with Gasteiger partial charge in [0.05, 0.1) is 0 Å². The van der Waals surface area contributed by atoms with Crippen molar-refractivity contribution in [3.63, 3.8) is 0 Å². The van der Waals surface area contributed by atoms with E-state index in [2.05, 4.69) is 11.8 Å². The summed E-state index contributed by atoms with van der Waals surface area (Å²) in [6.45, 7) is 7.19. The quantitative estimate of drug-likeness (QED) is 0.750. The van der Waals surface area contributed by atoms with Crippen molar-refractivity contribution in [1.82, 2.24) is 4.90 Å². The van der Waals surface area contributed by atoms with Gasteiger partial charge in [0.2, 0.25) is 0 Å². The summed E-state index contributed by atoms with van der Waals surface area (Å²) in [7, 11) is 0. The number of hydrogen-bond acceptors (Lipinski definition) is 2. The molecule has 98 valence electrons. The number of rotatable bonds is 5. The molecule has 0 aromatic carbocycles. The molecule has 3 heteroatoms. The lowest BCUT2D eigenvalue weighted by molar-refractivity contribution is -0.132. The second-order valence-electron chi connectivity index (χ2n) is 4.89. The van der Waals surface area contributed by atoms with Gasteiger partial charge in [-0.1, -0.05) is 26.3 Å². The number of aliphatic carboxylic acids is 1. The van der Waals surface area contributed by atoms with Crippen LogP contribution in [0.2, 0.25) is 0 Å². The second kappa shape index (κ2) is 7.49. The van der Waals surface area contributed by atoms with E-state index in [9.17, 15) is 4.79 Å². The Bertz CT molecular complexity index is 273. The van der Waals surface area contributed by atoms with E-state index in [-0.39, 0.29) is 0 Å². The Labute approximate surface area is 105 Å². The molecule has 0 saturated carbocycles. The summed E-state index contributed by atoms with van der Waals surface area (Å²) < 4.78 is 0. The Morgan fingerprint density at radius 3 is 2.71 bits per heavy atom.